The van der Waals surface area contributed by atoms with E-state index in [1.165, 1.54) is 12.8 Å². The first kappa shape index (κ1) is 14.6. The molecule has 1 aliphatic rings. The summed E-state index contributed by atoms with van der Waals surface area (Å²) in [6, 6.07) is 2.29. The summed E-state index contributed by atoms with van der Waals surface area (Å²) < 4.78 is 28.9. The first-order chi connectivity index (χ1) is 8.92. The highest BCUT2D eigenvalue weighted by Gasteiger charge is 2.22. The molecule has 5 nitrogen and oxygen atoms in total. The first-order valence-electron chi connectivity index (χ1n) is 6.87. The molecule has 0 spiro atoms. The fourth-order valence-corrected chi connectivity index (χ4v) is 3.34. The Kier molecular flexibility index (Phi) is 4.32. The highest BCUT2D eigenvalue weighted by molar-refractivity contribution is 7.89. The molecule has 2 rings (SSSR count). The van der Waals surface area contributed by atoms with Crippen molar-refractivity contribution in [2.45, 2.75) is 63.7 Å². The van der Waals surface area contributed by atoms with Gasteiger partial charge < -0.3 is 9.88 Å². The van der Waals surface area contributed by atoms with Crippen LogP contribution in [0.25, 0.3) is 0 Å². The molecule has 1 saturated carbocycles. The van der Waals surface area contributed by atoms with Gasteiger partial charge in [0.1, 0.15) is 0 Å². The smallest absolute Gasteiger partial charge is 0.242 e. The Morgan fingerprint density at radius 2 is 2.11 bits per heavy atom. The Hall–Kier alpha value is -0.850. The molecule has 19 heavy (non-hydrogen) atoms. The Balaban J connectivity index is 2.16. The fourth-order valence-electron chi connectivity index (χ4n) is 2.03. The molecule has 1 aromatic rings. The average molecular weight is 285 g/mol. The van der Waals surface area contributed by atoms with E-state index in [0.29, 0.717) is 10.9 Å². The van der Waals surface area contributed by atoms with Crippen molar-refractivity contribution in [3.63, 3.8) is 0 Å². The zero-order valence-corrected chi connectivity index (χ0v) is 12.6. The summed E-state index contributed by atoms with van der Waals surface area (Å²) in [4.78, 5) is 0.357. The molecule has 0 bridgehead atoms. The van der Waals surface area contributed by atoms with Crippen LogP contribution in [0.2, 0.25) is 0 Å². The quantitative estimate of drug-likeness (QED) is 0.797. The van der Waals surface area contributed by atoms with Crippen LogP contribution in [0.5, 0.6) is 0 Å². The number of aryl methyl sites for hydroxylation is 1. The molecule has 0 aliphatic heterocycles. The predicted octanol–water partition coefficient (Wildman–Crippen LogP) is 1.45. The number of nitrogens with one attached hydrogen (secondary N) is 2. The predicted molar refractivity (Wildman–Crippen MR) is 75.4 cm³/mol. The molecule has 1 aliphatic carbocycles. The van der Waals surface area contributed by atoms with Gasteiger partial charge in [-0.25, -0.2) is 13.1 Å². The molecule has 2 N–H and O–H groups in total. The van der Waals surface area contributed by atoms with Crippen LogP contribution in [0.3, 0.4) is 0 Å². The molecule has 1 aromatic heterocycles. The van der Waals surface area contributed by atoms with E-state index in [4.69, 9.17) is 0 Å². The zero-order chi connectivity index (χ0) is 14.0. The lowest BCUT2D eigenvalue weighted by molar-refractivity contribution is 0.569. The molecule has 1 fully saturated rings. The van der Waals surface area contributed by atoms with Crippen molar-refractivity contribution in [1.82, 2.24) is 14.6 Å². The second-order valence-electron chi connectivity index (χ2n) is 5.38. The Morgan fingerprint density at radius 3 is 2.63 bits per heavy atom. The van der Waals surface area contributed by atoms with Gasteiger partial charge in [0.2, 0.25) is 10.0 Å². The van der Waals surface area contributed by atoms with E-state index in [9.17, 15) is 8.42 Å². The molecule has 0 amide bonds. The number of hydrogen-bond acceptors (Lipinski definition) is 3. The van der Waals surface area contributed by atoms with Gasteiger partial charge in [0.25, 0.3) is 0 Å². The van der Waals surface area contributed by atoms with Crippen LogP contribution in [0, 0.1) is 0 Å². The van der Waals surface area contributed by atoms with Crippen molar-refractivity contribution in [1.29, 1.82) is 0 Å². The minimum absolute atomic E-state index is 0.0944. The molecule has 1 heterocycles. The molecule has 0 aromatic carbocycles. The standard InChI is InChI=1S/C13H23N3O2S/c1-4-16-9-13(19(17,18)15-10(2)3)7-12(16)8-14-11-5-6-11/h7,9-11,14-15H,4-6,8H2,1-3H3. The van der Waals surface area contributed by atoms with E-state index < -0.39 is 10.0 Å². The molecule has 0 atom stereocenters. The molecular formula is C13H23N3O2S. The minimum Gasteiger partial charge on any atom is -0.349 e. The Labute approximate surface area is 115 Å². The molecule has 0 saturated heterocycles. The molecule has 0 radical (unpaired) electrons. The summed E-state index contributed by atoms with van der Waals surface area (Å²) >= 11 is 0. The van der Waals surface area contributed by atoms with Gasteiger partial charge in [0, 0.05) is 37.1 Å². The van der Waals surface area contributed by atoms with Crippen molar-refractivity contribution in [2.24, 2.45) is 0 Å². The lowest BCUT2D eigenvalue weighted by Gasteiger charge is -2.07. The third-order valence-electron chi connectivity index (χ3n) is 3.15. The second-order valence-corrected chi connectivity index (χ2v) is 7.10. The summed E-state index contributed by atoms with van der Waals surface area (Å²) in [6.45, 7) is 7.18. The highest BCUT2D eigenvalue weighted by Crippen LogP contribution is 2.20. The third-order valence-corrected chi connectivity index (χ3v) is 4.78. The molecular weight excluding hydrogens is 262 g/mol. The van der Waals surface area contributed by atoms with Gasteiger partial charge in [0.05, 0.1) is 4.90 Å². The SMILES string of the molecule is CCn1cc(S(=O)(=O)NC(C)C)cc1CNC1CC1. The van der Waals surface area contributed by atoms with Gasteiger partial charge >= 0.3 is 0 Å². The van der Waals surface area contributed by atoms with Crippen LogP contribution in [-0.2, 0) is 23.1 Å². The maximum atomic E-state index is 12.1. The van der Waals surface area contributed by atoms with Crippen molar-refractivity contribution in [3.05, 3.63) is 18.0 Å². The van der Waals surface area contributed by atoms with E-state index in [1.54, 1.807) is 12.3 Å². The van der Waals surface area contributed by atoms with Crippen LogP contribution in [0.1, 0.15) is 39.3 Å². The Bertz CT molecular complexity index is 530. The van der Waals surface area contributed by atoms with E-state index >= 15 is 0 Å². The van der Waals surface area contributed by atoms with Crippen LogP contribution in [0.4, 0.5) is 0 Å². The molecule has 0 unspecified atom stereocenters. The van der Waals surface area contributed by atoms with Gasteiger partial charge in [-0.15, -0.1) is 0 Å². The lowest BCUT2D eigenvalue weighted by atomic mass is 10.4. The van der Waals surface area contributed by atoms with Crippen LogP contribution >= 0.6 is 0 Å². The van der Waals surface area contributed by atoms with Crippen LogP contribution in [0.15, 0.2) is 17.2 Å². The summed E-state index contributed by atoms with van der Waals surface area (Å²) in [5.41, 5.74) is 1.03. The van der Waals surface area contributed by atoms with E-state index in [0.717, 1.165) is 18.8 Å². The summed E-state index contributed by atoms with van der Waals surface area (Å²) in [5.74, 6) is 0. The number of sulfonamides is 1. The van der Waals surface area contributed by atoms with Crippen LogP contribution in [-0.4, -0.2) is 25.1 Å². The lowest BCUT2D eigenvalue weighted by Crippen LogP contribution is -2.29. The monoisotopic (exact) mass is 285 g/mol. The number of nitrogens with zero attached hydrogens (tertiary/aromatic N) is 1. The number of rotatable bonds is 7. The van der Waals surface area contributed by atoms with Crippen molar-refractivity contribution < 1.29 is 8.42 Å². The Morgan fingerprint density at radius 1 is 1.42 bits per heavy atom. The molecule has 6 heteroatoms. The molecule has 108 valence electrons. The van der Waals surface area contributed by atoms with Gasteiger partial charge in [0.15, 0.2) is 0 Å². The number of hydrogen-bond donors (Lipinski definition) is 2. The van der Waals surface area contributed by atoms with E-state index in [1.807, 2.05) is 25.3 Å². The minimum atomic E-state index is -3.39. The van der Waals surface area contributed by atoms with Crippen LogP contribution < -0.4 is 10.0 Å². The van der Waals surface area contributed by atoms with Gasteiger partial charge in [-0.1, -0.05) is 0 Å². The summed E-state index contributed by atoms with van der Waals surface area (Å²) in [6.07, 6.45) is 4.18. The van der Waals surface area contributed by atoms with Crippen molar-refractivity contribution >= 4 is 10.0 Å². The maximum Gasteiger partial charge on any atom is 0.242 e. The summed E-state index contributed by atoms with van der Waals surface area (Å²) in [5, 5.41) is 3.42. The normalized spacial score (nSPS) is 16.2. The van der Waals surface area contributed by atoms with Crippen molar-refractivity contribution in [3.8, 4) is 0 Å². The largest absolute Gasteiger partial charge is 0.349 e. The van der Waals surface area contributed by atoms with E-state index in [-0.39, 0.29) is 6.04 Å². The van der Waals surface area contributed by atoms with E-state index in [2.05, 4.69) is 10.0 Å². The second kappa shape index (κ2) is 5.64. The van der Waals surface area contributed by atoms with Gasteiger partial charge in [-0.3, -0.25) is 0 Å². The van der Waals surface area contributed by atoms with Crippen molar-refractivity contribution in [2.75, 3.05) is 0 Å². The summed E-state index contributed by atoms with van der Waals surface area (Å²) in [7, 11) is -3.39. The zero-order valence-electron chi connectivity index (χ0n) is 11.8. The maximum absolute atomic E-state index is 12.1. The van der Waals surface area contributed by atoms with Gasteiger partial charge in [-0.05, 0) is 39.7 Å². The highest BCUT2D eigenvalue weighted by atomic mass is 32.2. The fraction of sp³-hybridized carbons (Fsp3) is 0.692. The number of aromatic nitrogens is 1. The first-order valence-corrected chi connectivity index (χ1v) is 8.35. The van der Waals surface area contributed by atoms with Gasteiger partial charge in [-0.2, -0.15) is 0 Å². The average Bonchev–Trinajstić information content (AvgIpc) is 3.03. The topological polar surface area (TPSA) is 63.1 Å². The third kappa shape index (κ3) is 3.81.